The van der Waals surface area contributed by atoms with Crippen LogP contribution in [0.4, 0.5) is 0 Å². The monoisotopic (exact) mass is 354 g/mol. The van der Waals surface area contributed by atoms with E-state index in [0.29, 0.717) is 5.57 Å². The van der Waals surface area contributed by atoms with Crippen LogP contribution in [0.3, 0.4) is 0 Å². The van der Waals surface area contributed by atoms with E-state index in [0.717, 1.165) is 0 Å². The normalized spacial score (nSPS) is 51.9. The average molecular weight is 354 g/mol. The summed E-state index contributed by atoms with van der Waals surface area (Å²) in [5, 5.41) is 41.5. The van der Waals surface area contributed by atoms with E-state index in [2.05, 4.69) is 0 Å². The van der Waals surface area contributed by atoms with Gasteiger partial charge in [-0.05, 0) is 25.0 Å². The Morgan fingerprint density at radius 3 is 2.64 bits per heavy atom. The van der Waals surface area contributed by atoms with Gasteiger partial charge in [0.1, 0.15) is 17.8 Å². The summed E-state index contributed by atoms with van der Waals surface area (Å²) in [6, 6.07) is 0. The van der Waals surface area contributed by atoms with Crippen LogP contribution in [-0.4, -0.2) is 74.9 Å². The van der Waals surface area contributed by atoms with Crippen LogP contribution in [0.15, 0.2) is 11.6 Å². The van der Waals surface area contributed by atoms with E-state index in [-0.39, 0.29) is 13.0 Å². The molecule has 138 valence electrons. The first-order valence-corrected chi connectivity index (χ1v) is 8.40. The van der Waals surface area contributed by atoms with Crippen LogP contribution in [0.5, 0.6) is 0 Å². The number of carbonyl (C=O) groups excluding carboxylic acids is 1. The molecular weight excluding hydrogens is 332 g/mol. The van der Waals surface area contributed by atoms with Crippen molar-refractivity contribution in [3.63, 3.8) is 0 Å². The number of carboxylic acids is 1. The van der Waals surface area contributed by atoms with Crippen molar-refractivity contribution in [1.82, 2.24) is 0 Å². The first-order chi connectivity index (χ1) is 11.6. The van der Waals surface area contributed by atoms with Crippen molar-refractivity contribution in [2.75, 3.05) is 6.61 Å². The first kappa shape index (κ1) is 17.1. The van der Waals surface area contributed by atoms with E-state index in [1.54, 1.807) is 13.8 Å². The molecule has 0 aromatic heterocycles. The van der Waals surface area contributed by atoms with Gasteiger partial charge in [0.05, 0.1) is 36.8 Å². The molecule has 8 heteroatoms. The summed E-state index contributed by atoms with van der Waals surface area (Å²) in [5.41, 5.74) is -3.26. The Bertz CT molecular complexity index is 682. The number of aliphatic hydroxyl groups excluding tert-OH is 3. The lowest BCUT2D eigenvalue weighted by Gasteiger charge is -2.60. The highest BCUT2D eigenvalue weighted by Crippen LogP contribution is 2.72. The number of epoxide rings is 1. The van der Waals surface area contributed by atoms with Crippen molar-refractivity contribution < 1.29 is 39.5 Å². The highest BCUT2D eigenvalue weighted by atomic mass is 16.6. The number of fused-ring (bicyclic) bond motifs is 2. The van der Waals surface area contributed by atoms with E-state index < -0.39 is 65.1 Å². The number of Topliss-reactive ketones (excluding diaryl/α,β-unsaturated/α-hetero) is 1. The van der Waals surface area contributed by atoms with Gasteiger partial charge < -0.3 is 29.9 Å². The van der Waals surface area contributed by atoms with Crippen LogP contribution in [-0.2, 0) is 19.1 Å². The third-order valence-corrected chi connectivity index (χ3v) is 6.95. The quantitative estimate of drug-likeness (QED) is 0.474. The third-order valence-electron chi connectivity index (χ3n) is 6.95. The predicted molar refractivity (Wildman–Crippen MR) is 81.5 cm³/mol. The van der Waals surface area contributed by atoms with Gasteiger partial charge >= 0.3 is 5.97 Å². The van der Waals surface area contributed by atoms with E-state index in [9.17, 15) is 30.0 Å². The maximum atomic E-state index is 12.6. The highest BCUT2D eigenvalue weighted by Gasteiger charge is 2.84. The fraction of sp³-hybridized carbons (Fsp3) is 0.765. The number of ketones is 1. The summed E-state index contributed by atoms with van der Waals surface area (Å²) in [5.74, 6) is -1.82. The molecule has 2 heterocycles. The number of hydrogen-bond donors (Lipinski definition) is 4. The third kappa shape index (κ3) is 1.74. The molecule has 4 rings (SSSR count). The van der Waals surface area contributed by atoms with E-state index >= 15 is 0 Å². The van der Waals surface area contributed by atoms with Crippen molar-refractivity contribution in [3.8, 4) is 0 Å². The smallest absolute Gasteiger partial charge is 0.305 e. The predicted octanol–water partition coefficient (Wildman–Crippen LogP) is -0.994. The second-order valence-corrected chi connectivity index (χ2v) is 7.92. The van der Waals surface area contributed by atoms with Crippen molar-refractivity contribution in [2.24, 2.45) is 10.8 Å². The largest absolute Gasteiger partial charge is 0.481 e. The SMILES string of the molecule is CC1=C[C@H]2O[C@@H]3[C@H](O)C[C@](C)([C@@]2(C(O)CC(=O)O)[C@H](O)C1=O)[C@]31CO1. The number of ether oxygens (including phenoxy) is 2. The number of hydrogen-bond acceptors (Lipinski definition) is 7. The molecule has 1 spiro atoms. The lowest BCUT2D eigenvalue weighted by atomic mass is 9.48. The molecule has 0 aromatic carbocycles. The fourth-order valence-electron chi connectivity index (χ4n) is 5.66. The molecule has 2 saturated heterocycles. The molecule has 4 N–H and O–H groups in total. The Morgan fingerprint density at radius 2 is 2.08 bits per heavy atom. The van der Waals surface area contributed by atoms with Crippen LogP contribution in [0.2, 0.25) is 0 Å². The van der Waals surface area contributed by atoms with Crippen LogP contribution in [0.25, 0.3) is 0 Å². The molecular formula is C17H22O8. The van der Waals surface area contributed by atoms with Crippen LogP contribution in [0, 0.1) is 10.8 Å². The highest BCUT2D eigenvalue weighted by molar-refractivity contribution is 6.00. The molecule has 2 bridgehead atoms. The average Bonchev–Trinajstić information content (AvgIpc) is 3.27. The molecule has 0 aromatic rings. The van der Waals surface area contributed by atoms with Gasteiger partial charge in [0.2, 0.25) is 0 Å². The maximum Gasteiger partial charge on any atom is 0.305 e. The number of rotatable bonds is 3. The van der Waals surface area contributed by atoms with Gasteiger partial charge in [0, 0.05) is 5.41 Å². The Labute approximate surface area is 144 Å². The van der Waals surface area contributed by atoms with E-state index in [1.165, 1.54) is 6.08 Å². The van der Waals surface area contributed by atoms with Crippen LogP contribution < -0.4 is 0 Å². The zero-order valence-corrected chi connectivity index (χ0v) is 14.0. The zero-order chi connectivity index (χ0) is 18.4. The maximum absolute atomic E-state index is 12.6. The summed E-state index contributed by atoms with van der Waals surface area (Å²) in [6.07, 6.45) is -4.59. The molecule has 0 radical (unpaired) electrons. The molecule has 2 aliphatic carbocycles. The van der Waals surface area contributed by atoms with Gasteiger partial charge in [0.25, 0.3) is 0 Å². The molecule has 0 amide bonds. The molecule has 8 atom stereocenters. The summed E-state index contributed by atoms with van der Waals surface area (Å²) in [4.78, 5) is 23.8. The van der Waals surface area contributed by atoms with Crippen molar-refractivity contribution in [1.29, 1.82) is 0 Å². The number of carboxylic acid groups (broad SMARTS) is 1. The van der Waals surface area contributed by atoms with Crippen molar-refractivity contribution in [3.05, 3.63) is 11.6 Å². The van der Waals surface area contributed by atoms with Gasteiger partial charge in [0.15, 0.2) is 5.78 Å². The zero-order valence-electron chi connectivity index (χ0n) is 14.0. The minimum absolute atomic E-state index is 0.141. The fourth-order valence-corrected chi connectivity index (χ4v) is 5.66. The topological polar surface area (TPSA) is 137 Å². The van der Waals surface area contributed by atoms with Crippen LogP contribution >= 0.6 is 0 Å². The van der Waals surface area contributed by atoms with Gasteiger partial charge in [-0.2, -0.15) is 0 Å². The van der Waals surface area contributed by atoms with Crippen molar-refractivity contribution >= 4 is 11.8 Å². The minimum Gasteiger partial charge on any atom is -0.481 e. The van der Waals surface area contributed by atoms with Gasteiger partial charge in [-0.15, -0.1) is 0 Å². The van der Waals surface area contributed by atoms with Crippen molar-refractivity contribution in [2.45, 2.75) is 62.8 Å². The summed E-state index contributed by atoms with van der Waals surface area (Å²) in [7, 11) is 0. The van der Waals surface area contributed by atoms with E-state index in [1.807, 2.05) is 0 Å². The van der Waals surface area contributed by atoms with Crippen LogP contribution in [0.1, 0.15) is 26.7 Å². The van der Waals surface area contributed by atoms with Gasteiger partial charge in [-0.3, -0.25) is 9.59 Å². The molecule has 4 aliphatic rings. The van der Waals surface area contributed by atoms with Gasteiger partial charge in [-0.25, -0.2) is 0 Å². The molecule has 1 unspecified atom stereocenters. The van der Waals surface area contributed by atoms with E-state index in [4.69, 9.17) is 9.47 Å². The number of aliphatic hydroxyl groups is 3. The second-order valence-electron chi connectivity index (χ2n) is 7.92. The Hall–Kier alpha value is -1.32. The minimum atomic E-state index is -1.64. The Balaban J connectivity index is 1.95. The second kappa shape index (κ2) is 4.89. The molecule has 3 fully saturated rings. The Kier molecular flexibility index (Phi) is 3.35. The summed E-state index contributed by atoms with van der Waals surface area (Å²) < 4.78 is 11.7. The molecule has 25 heavy (non-hydrogen) atoms. The molecule has 1 saturated carbocycles. The van der Waals surface area contributed by atoms with Gasteiger partial charge in [-0.1, -0.05) is 6.92 Å². The summed E-state index contributed by atoms with van der Waals surface area (Å²) in [6.45, 7) is 3.55. The Morgan fingerprint density at radius 1 is 1.44 bits per heavy atom. The molecule has 8 nitrogen and oxygen atoms in total. The first-order valence-electron chi connectivity index (χ1n) is 8.40. The standard InChI is InChI=1S/C17H22O8/c1-7-3-10-17(13(23)12(7)22,9(19)4-11(20)21)15(2)5-8(18)14(25-10)16(15)6-24-16/h3,8-10,13-14,18-19,23H,4-6H2,1-2H3,(H,20,21)/t8-,9?,10-,13-,14-,15+,16+,17-/m1/s1. The lowest BCUT2D eigenvalue weighted by Crippen LogP contribution is -2.73. The molecule has 2 aliphatic heterocycles. The summed E-state index contributed by atoms with van der Waals surface area (Å²) >= 11 is 0. The lowest BCUT2D eigenvalue weighted by molar-refractivity contribution is -0.265. The number of carbonyl (C=O) groups is 2. The number of aliphatic carboxylic acids is 1.